The lowest BCUT2D eigenvalue weighted by atomic mass is 9.40. The Labute approximate surface area is 261 Å². The van der Waals surface area contributed by atoms with Crippen LogP contribution in [0.1, 0.15) is 21.9 Å². The normalized spacial score (nSPS) is 15.8. The van der Waals surface area contributed by atoms with E-state index in [0.29, 0.717) is 5.92 Å². The summed E-state index contributed by atoms with van der Waals surface area (Å²) >= 11 is 3.96. The van der Waals surface area contributed by atoms with E-state index in [1.54, 1.807) is 11.1 Å². The lowest BCUT2D eigenvalue weighted by Crippen LogP contribution is -2.57. The van der Waals surface area contributed by atoms with E-state index in [2.05, 4.69) is 120 Å². The fourth-order valence-electron chi connectivity index (χ4n) is 9.23. The molecule has 6 aromatic carbocycles. The molecule has 44 heavy (non-hydrogen) atoms. The fourth-order valence-corrected chi connectivity index (χ4v) is 11.7. The third kappa shape index (κ3) is 2.51. The van der Waals surface area contributed by atoms with E-state index in [1.807, 2.05) is 22.7 Å². The highest BCUT2D eigenvalue weighted by molar-refractivity contribution is 7.27. The highest BCUT2D eigenvalue weighted by Crippen LogP contribution is 2.53. The molecule has 5 heterocycles. The van der Waals surface area contributed by atoms with Crippen LogP contribution in [0.2, 0.25) is 0 Å². The molecular weight excluding hydrogens is 569 g/mol. The molecule has 0 fully saturated rings. The second kappa shape index (κ2) is 7.71. The van der Waals surface area contributed by atoms with Gasteiger partial charge >= 0.3 is 6.85 Å². The quantitative estimate of drug-likeness (QED) is 0.155. The number of fused-ring (bicyclic) bond motifs is 15. The zero-order chi connectivity index (χ0) is 28.3. The van der Waals surface area contributed by atoms with Gasteiger partial charge in [0.05, 0.1) is 10.2 Å². The third-order valence-corrected chi connectivity index (χ3v) is 13.1. The van der Waals surface area contributed by atoms with Crippen LogP contribution >= 0.6 is 22.7 Å². The van der Waals surface area contributed by atoms with Gasteiger partial charge in [-0.25, -0.2) is 0 Å². The minimum absolute atomic E-state index is 0.134. The first kappa shape index (κ1) is 22.8. The molecule has 0 saturated carbocycles. The molecule has 3 aromatic heterocycles. The first-order valence-corrected chi connectivity index (χ1v) is 17.1. The van der Waals surface area contributed by atoms with E-state index in [0.717, 1.165) is 6.42 Å². The largest absolute Gasteiger partial charge is 0.374 e. The van der Waals surface area contributed by atoms with Gasteiger partial charge in [-0.15, -0.1) is 22.7 Å². The van der Waals surface area contributed by atoms with Crippen LogP contribution in [0.4, 0.5) is 0 Å². The topological polar surface area (TPSA) is 4.93 Å². The molecule has 12 rings (SSSR count). The first-order valence-electron chi connectivity index (χ1n) is 15.5. The molecule has 0 radical (unpaired) electrons. The fraction of sp³-hybridized carbons (Fsp3) is 0.0500. The van der Waals surface area contributed by atoms with Crippen LogP contribution < -0.4 is 10.9 Å². The van der Waals surface area contributed by atoms with Gasteiger partial charge < -0.3 is 4.48 Å². The van der Waals surface area contributed by atoms with Crippen molar-refractivity contribution in [2.45, 2.75) is 12.3 Å². The summed E-state index contributed by atoms with van der Waals surface area (Å²) in [6.07, 6.45) is 1.06. The van der Waals surface area contributed by atoms with E-state index in [9.17, 15) is 0 Å². The maximum atomic E-state index is 2.76. The van der Waals surface area contributed by atoms with Gasteiger partial charge in [0.15, 0.2) is 0 Å². The number of hydrogen-bond acceptors (Lipinski definition) is 2. The Kier molecular flexibility index (Phi) is 4.00. The summed E-state index contributed by atoms with van der Waals surface area (Å²) in [5.74, 6) is 0.337. The van der Waals surface area contributed by atoms with Gasteiger partial charge in [-0.2, -0.15) is 0 Å². The monoisotopic (exact) mass is 591 g/mol. The van der Waals surface area contributed by atoms with Crippen LogP contribution in [-0.2, 0) is 6.42 Å². The van der Waals surface area contributed by atoms with E-state index in [1.165, 1.54) is 90.1 Å². The summed E-state index contributed by atoms with van der Waals surface area (Å²) in [5, 5.41) is 6.94. The molecule has 4 heteroatoms. The molecular formula is C40H22BNS2. The highest BCUT2D eigenvalue weighted by Gasteiger charge is 2.46. The summed E-state index contributed by atoms with van der Waals surface area (Å²) in [4.78, 5) is 1.53. The Bertz CT molecular complexity index is 2780. The Morgan fingerprint density at radius 3 is 2.23 bits per heavy atom. The molecule has 2 aliphatic heterocycles. The van der Waals surface area contributed by atoms with E-state index >= 15 is 0 Å². The Morgan fingerprint density at radius 1 is 0.591 bits per heavy atom. The lowest BCUT2D eigenvalue weighted by Gasteiger charge is -2.41. The third-order valence-electron chi connectivity index (χ3n) is 10.7. The standard InChI is InChI=1S/C40H22BNS2/c1-2-10-22-21(9-1)19-28-23-13-7-15-27-38(23)42(39-25-12-4-6-18-32(25)44-40(27)39)41-30-16-8-14-26-34(30)29(36(22)37(28)41)20-33-35(26)24-11-3-5-17-31(24)43-33/h1-19,29H,20H2. The van der Waals surface area contributed by atoms with Crippen LogP contribution in [0, 0.1) is 0 Å². The van der Waals surface area contributed by atoms with Crippen molar-refractivity contribution in [3.8, 4) is 22.3 Å². The summed E-state index contributed by atoms with van der Waals surface area (Å²) < 4.78 is 6.95. The number of hydrogen-bond donors (Lipinski definition) is 0. The average Bonchev–Trinajstić information content (AvgIpc) is 3.74. The molecule has 0 bridgehead atoms. The maximum absolute atomic E-state index is 2.76. The zero-order valence-electron chi connectivity index (χ0n) is 23.6. The number of thiophene rings is 2. The average molecular weight is 592 g/mol. The smallest absolute Gasteiger partial charge is 0.329 e. The molecule has 3 aliphatic rings. The summed E-state index contributed by atoms with van der Waals surface area (Å²) in [7, 11) is 0. The van der Waals surface area contributed by atoms with Crippen molar-refractivity contribution >= 4 is 92.5 Å². The number of aromatic nitrogens is 1. The van der Waals surface area contributed by atoms with Crippen LogP contribution in [0.25, 0.3) is 74.3 Å². The zero-order valence-corrected chi connectivity index (χ0v) is 25.2. The van der Waals surface area contributed by atoms with Crippen molar-refractivity contribution in [2.24, 2.45) is 0 Å². The second-order valence-corrected chi connectivity index (χ2v) is 14.9. The van der Waals surface area contributed by atoms with Gasteiger partial charge in [0.2, 0.25) is 0 Å². The molecule has 202 valence electrons. The lowest BCUT2D eigenvalue weighted by molar-refractivity contribution is 0.818. The minimum atomic E-state index is 0.134. The maximum Gasteiger partial charge on any atom is 0.329 e. The molecule has 1 aliphatic carbocycles. The van der Waals surface area contributed by atoms with Crippen LogP contribution in [0.15, 0.2) is 115 Å². The molecule has 0 amide bonds. The van der Waals surface area contributed by atoms with Gasteiger partial charge in [-0.05, 0) is 68.6 Å². The van der Waals surface area contributed by atoms with E-state index in [-0.39, 0.29) is 6.85 Å². The van der Waals surface area contributed by atoms with E-state index in [4.69, 9.17) is 0 Å². The van der Waals surface area contributed by atoms with Crippen molar-refractivity contribution in [2.75, 3.05) is 0 Å². The summed E-state index contributed by atoms with van der Waals surface area (Å²) in [6, 6.07) is 44.0. The number of rotatable bonds is 0. The van der Waals surface area contributed by atoms with Crippen molar-refractivity contribution in [1.82, 2.24) is 4.48 Å². The van der Waals surface area contributed by atoms with Crippen molar-refractivity contribution in [1.29, 1.82) is 0 Å². The van der Waals surface area contributed by atoms with Crippen molar-refractivity contribution < 1.29 is 0 Å². The summed E-state index contributed by atoms with van der Waals surface area (Å²) in [6.45, 7) is 0.134. The van der Waals surface area contributed by atoms with Crippen LogP contribution in [0.3, 0.4) is 0 Å². The SMILES string of the molecule is c1cc2c3c(c1)-c1c(sc4ccccc14)CC3c1c3c(cc4ccccc14)-c1cccc4c5sc6ccccc6c5n(c14)B23. The van der Waals surface area contributed by atoms with Gasteiger partial charge in [0, 0.05) is 53.0 Å². The molecule has 0 spiro atoms. The van der Waals surface area contributed by atoms with Crippen LogP contribution in [-0.4, -0.2) is 11.3 Å². The molecule has 1 nitrogen and oxygen atoms in total. The van der Waals surface area contributed by atoms with Gasteiger partial charge in [0.25, 0.3) is 0 Å². The predicted molar refractivity (Wildman–Crippen MR) is 191 cm³/mol. The summed E-state index contributed by atoms with van der Waals surface area (Å²) in [5.41, 5.74) is 14.6. The number of para-hydroxylation sites is 1. The molecule has 1 unspecified atom stereocenters. The van der Waals surface area contributed by atoms with Crippen molar-refractivity contribution in [3.63, 3.8) is 0 Å². The Hall–Kier alpha value is -4.64. The van der Waals surface area contributed by atoms with Gasteiger partial charge in [-0.3, -0.25) is 0 Å². The predicted octanol–water partition coefficient (Wildman–Crippen LogP) is 9.68. The highest BCUT2D eigenvalue weighted by atomic mass is 32.1. The van der Waals surface area contributed by atoms with Crippen LogP contribution in [0.5, 0.6) is 0 Å². The number of nitrogens with zero attached hydrogens (tertiary/aromatic N) is 1. The van der Waals surface area contributed by atoms with E-state index < -0.39 is 0 Å². The van der Waals surface area contributed by atoms with Gasteiger partial charge in [0.1, 0.15) is 0 Å². The number of benzene rings is 6. The molecule has 1 atom stereocenters. The molecule has 0 N–H and O–H groups in total. The Balaban J connectivity index is 1.32. The first-order chi connectivity index (χ1) is 21.8. The van der Waals surface area contributed by atoms with Crippen molar-refractivity contribution in [3.05, 3.63) is 131 Å². The minimum Gasteiger partial charge on any atom is -0.374 e. The second-order valence-electron chi connectivity index (χ2n) is 12.7. The Morgan fingerprint density at radius 2 is 1.32 bits per heavy atom. The molecule has 0 saturated heterocycles. The van der Waals surface area contributed by atoms with Gasteiger partial charge in [-0.1, -0.05) is 97.1 Å². The molecule has 9 aromatic rings.